The molecule has 0 spiro atoms. The summed E-state index contributed by atoms with van der Waals surface area (Å²) in [6, 6.07) is 13.9. The lowest BCUT2D eigenvalue weighted by molar-refractivity contribution is 0.102. The van der Waals surface area contributed by atoms with Gasteiger partial charge in [-0.25, -0.2) is 5.10 Å². The molecule has 6 nitrogen and oxygen atoms in total. The van der Waals surface area contributed by atoms with Crippen LogP contribution < -0.4 is 15.6 Å². The normalized spacial score (nSPS) is 10.5. The maximum atomic E-state index is 12.4. The molecule has 6 heteroatoms. The summed E-state index contributed by atoms with van der Waals surface area (Å²) in [6.45, 7) is 2.49. The van der Waals surface area contributed by atoms with E-state index < -0.39 is 0 Å². The topological polar surface area (TPSA) is 84.1 Å². The summed E-state index contributed by atoms with van der Waals surface area (Å²) in [4.78, 5) is 24.2. The first-order valence-electron chi connectivity index (χ1n) is 7.20. The van der Waals surface area contributed by atoms with Gasteiger partial charge in [0.25, 0.3) is 11.5 Å². The summed E-state index contributed by atoms with van der Waals surface area (Å²) >= 11 is 0. The van der Waals surface area contributed by atoms with E-state index in [1.807, 2.05) is 6.92 Å². The molecule has 116 valence electrons. The van der Waals surface area contributed by atoms with Crippen LogP contribution in [0.5, 0.6) is 5.75 Å². The number of hydrogen-bond donors (Lipinski definition) is 2. The predicted molar refractivity (Wildman–Crippen MR) is 87.9 cm³/mol. The number of benzene rings is 2. The molecular formula is C17H15N3O3. The summed E-state index contributed by atoms with van der Waals surface area (Å²) in [5.41, 5.74) is 0.475. The number of hydrogen-bond acceptors (Lipinski definition) is 4. The number of aromatic amines is 1. The average molecular weight is 309 g/mol. The molecule has 1 aromatic heterocycles. The first-order chi connectivity index (χ1) is 11.2. The van der Waals surface area contributed by atoms with Crippen molar-refractivity contribution in [2.24, 2.45) is 0 Å². The van der Waals surface area contributed by atoms with Gasteiger partial charge in [-0.2, -0.15) is 5.10 Å². The Morgan fingerprint density at radius 2 is 1.83 bits per heavy atom. The van der Waals surface area contributed by atoms with Crippen molar-refractivity contribution < 1.29 is 9.53 Å². The number of ether oxygens (including phenoxy) is 1. The van der Waals surface area contributed by atoms with Crippen LogP contribution in [-0.2, 0) is 0 Å². The standard InChI is InChI=1S/C17H15N3O3/c1-2-23-12-9-7-11(8-10-12)18-17(22)15-13-5-3-4-6-14(13)16(21)20-19-15/h3-10H,2H2,1H3,(H,18,22)(H,20,21). The van der Waals surface area contributed by atoms with Crippen molar-refractivity contribution in [2.45, 2.75) is 6.92 Å². The Bertz CT molecular complexity index is 901. The maximum Gasteiger partial charge on any atom is 0.276 e. The zero-order valence-electron chi connectivity index (χ0n) is 12.5. The zero-order valence-corrected chi connectivity index (χ0v) is 12.5. The Kier molecular flexibility index (Phi) is 4.05. The van der Waals surface area contributed by atoms with E-state index in [-0.39, 0.29) is 17.2 Å². The lowest BCUT2D eigenvalue weighted by Gasteiger charge is -2.08. The molecule has 3 aromatic rings. The molecule has 1 amide bonds. The highest BCUT2D eigenvalue weighted by Gasteiger charge is 2.14. The van der Waals surface area contributed by atoms with Gasteiger partial charge in [0.2, 0.25) is 0 Å². The van der Waals surface area contributed by atoms with Crippen LogP contribution in [0.25, 0.3) is 10.8 Å². The summed E-state index contributed by atoms with van der Waals surface area (Å²) < 4.78 is 5.36. The Hall–Kier alpha value is -3.15. The van der Waals surface area contributed by atoms with Gasteiger partial charge < -0.3 is 10.1 Å². The van der Waals surface area contributed by atoms with Crippen LogP contribution in [0, 0.1) is 0 Å². The quantitative estimate of drug-likeness (QED) is 0.776. The number of rotatable bonds is 4. The second-order valence-electron chi connectivity index (χ2n) is 4.86. The number of nitrogens with zero attached hydrogens (tertiary/aromatic N) is 1. The Morgan fingerprint density at radius 1 is 1.13 bits per heavy atom. The molecule has 0 aliphatic heterocycles. The molecular weight excluding hydrogens is 294 g/mol. The van der Waals surface area contributed by atoms with Crippen LogP contribution in [0.1, 0.15) is 17.4 Å². The number of amides is 1. The van der Waals surface area contributed by atoms with E-state index in [2.05, 4.69) is 15.5 Å². The first-order valence-corrected chi connectivity index (χ1v) is 7.20. The number of aromatic nitrogens is 2. The molecule has 23 heavy (non-hydrogen) atoms. The molecule has 0 atom stereocenters. The van der Waals surface area contributed by atoms with Crippen molar-refractivity contribution in [3.63, 3.8) is 0 Å². The highest BCUT2D eigenvalue weighted by molar-refractivity contribution is 6.11. The lowest BCUT2D eigenvalue weighted by atomic mass is 10.1. The number of nitrogens with one attached hydrogen (secondary N) is 2. The first kappa shape index (κ1) is 14.8. The molecule has 2 N–H and O–H groups in total. The second-order valence-corrected chi connectivity index (χ2v) is 4.86. The molecule has 0 unspecified atom stereocenters. The second kappa shape index (κ2) is 6.31. The molecule has 0 bridgehead atoms. The minimum absolute atomic E-state index is 0.175. The Labute approximate surface area is 132 Å². The average Bonchev–Trinajstić information content (AvgIpc) is 2.57. The van der Waals surface area contributed by atoms with Crippen molar-refractivity contribution >= 4 is 22.4 Å². The molecule has 0 fully saturated rings. The number of H-pyrrole nitrogens is 1. The summed E-state index contributed by atoms with van der Waals surface area (Å²) in [6.07, 6.45) is 0. The molecule has 0 aliphatic carbocycles. The number of carbonyl (C=O) groups is 1. The largest absolute Gasteiger partial charge is 0.494 e. The van der Waals surface area contributed by atoms with Crippen molar-refractivity contribution in [1.82, 2.24) is 10.2 Å². The van der Waals surface area contributed by atoms with E-state index in [4.69, 9.17) is 4.74 Å². The zero-order chi connectivity index (χ0) is 16.2. The molecule has 0 saturated carbocycles. The fourth-order valence-corrected chi connectivity index (χ4v) is 2.28. The van der Waals surface area contributed by atoms with Crippen LogP contribution in [-0.4, -0.2) is 22.7 Å². The molecule has 3 rings (SSSR count). The van der Waals surface area contributed by atoms with Crippen LogP contribution in [0.2, 0.25) is 0 Å². The van der Waals surface area contributed by atoms with E-state index in [1.165, 1.54) is 0 Å². The SMILES string of the molecule is CCOc1ccc(NC(=O)c2n[nH]c(=O)c3ccccc23)cc1. The lowest BCUT2D eigenvalue weighted by Crippen LogP contribution is -2.19. The van der Waals surface area contributed by atoms with Crippen molar-refractivity contribution in [2.75, 3.05) is 11.9 Å². The molecule has 0 saturated heterocycles. The van der Waals surface area contributed by atoms with E-state index in [1.54, 1.807) is 48.5 Å². The summed E-state index contributed by atoms with van der Waals surface area (Å²) in [5, 5.41) is 9.93. The minimum atomic E-state index is -0.387. The van der Waals surface area contributed by atoms with Gasteiger partial charge in [0, 0.05) is 11.1 Å². The Balaban J connectivity index is 1.89. The third-order valence-electron chi connectivity index (χ3n) is 3.33. The monoisotopic (exact) mass is 309 g/mol. The maximum absolute atomic E-state index is 12.4. The molecule has 0 aliphatic rings. The van der Waals surface area contributed by atoms with E-state index in [0.717, 1.165) is 5.75 Å². The van der Waals surface area contributed by atoms with Crippen molar-refractivity contribution in [1.29, 1.82) is 0 Å². The van der Waals surface area contributed by atoms with Gasteiger partial charge in [0.1, 0.15) is 5.75 Å². The molecule has 2 aromatic carbocycles. The summed E-state index contributed by atoms with van der Waals surface area (Å²) in [7, 11) is 0. The van der Waals surface area contributed by atoms with Gasteiger partial charge in [-0.05, 0) is 37.3 Å². The smallest absolute Gasteiger partial charge is 0.276 e. The highest BCUT2D eigenvalue weighted by Crippen LogP contribution is 2.18. The van der Waals surface area contributed by atoms with Crippen LogP contribution in [0.4, 0.5) is 5.69 Å². The highest BCUT2D eigenvalue weighted by atomic mass is 16.5. The third kappa shape index (κ3) is 3.06. The van der Waals surface area contributed by atoms with Crippen LogP contribution in [0.3, 0.4) is 0 Å². The van der Waals surface area contributed by atoms with Crippen LogP contribution in [0.15, 0.2) is 53.3 Å². The van der Waals surface area contributed by atoms with E-state index in [9.17, 15) is 9.59 Å². The van der Waals surface area contributed by atoms with Gasteiger partial charge >= 0.3 is 0 Å². The van der Waals surface area contributed by atoms with Gasteiger partial charge in [-0.3, -0.25) is 9.59 Å². The number of fused-ring (bicyclic) bond motifs is 1. The van der Waals surface area contributed by atoms with Crippen molar-refractivity contribution in [3.8, 4) is 5.75 Å². The fourth-order valence-electron chi connectivity index (χ4n) is 2.28. The third-order valence-corrected chi connectivity index (χ3v) is 3.33. The van der Waals surface area contributed by atoms with Gasteiger partial charge in [0.15, 0.2) is 5.69 Å². The molecule has 0 radical (unpaired) electrons. The molecule has 1 heterocycles. The minimum Gasteiger partial charge on any atom is -0.494 e. The van der Waals surface area contributed by atoms with Gasteiger partial charge in [-0.15, -0.1) is 0 Å². The predicted octanol–water partition coefficient (Wildman–Crippen LogP) is 2.57. The van der Waals surface area contributed by atoms with E-state index in [0.29, 0.717) is 23.1 Å². The number of carbonyl (C=O) groups excluding carboxylic acids is 1. The van der Waals surface area contributed by atoms with Crippen molar-refractivity contribution in [3.05, 3.63) is 64.6 Å². The Morgan fingerprint density at radius 3 is 2.52 bits per heavy atom. The van der Waals surface area contributed by atoms with Gasteiger partial charge in [0.05, 0.1) is 12.0 Å². The van der Waals surface area contributed by atoms with Gasteiger partial charge in [-0.1, -0.05) is 18.2 Å². The number of anilines is 1. The van der Waals surface area contributed by atoms with Crippen LogP contribution >= 0.6 is 0 Å². The van der Waals surface area contributed by atoms with E-state index >= 15 is 0 Å². The fraction of sp³-hybridized carbons (Fsp3) is 0.118. The summed E-state index contributed by atoms with van der Waals surface area (Å²) in [5.74, 6) is 0.347.